The van der Waals surface area contributed by atoms with Gasteiger partial charge in [0.1, 0.15) is 5.60 Å². The SMILES string of the molecule is COCCCOc1cc(C[C@@H](C[C@H](NC(=O)OC(C)(C)C)[C@@H](O)C[C@H](C(=O)NC[C@H]2CCC(=O)N2)C(C)C)C(C)C)ccc1OC. The fourth-order valence-corrected chi connectivity index (χ4v) is 5.63. The Hall–Kier alpha value is -3.05. The molecule has 1 aromatic carbocycles. The molecule has 46 heavy (non-hydrogen) atoms. The van der Waals surface area contributed by atoms with Crippen molar-refractivity contribution in [2.75, 3.05) is 34.0 Å². The van der Waals surface area contributed by atoms with Crippen LogP contribution in [0.15, 0.2) is 18.2 Å². The van der Waals surface area contributed by atoms with Gasteiger partial charge < -0.3 is 40.0 Å². The quantitative estimate of drug-likeness (QED) is 0.159. The summed E-state index contributed by atoms with van der Waals surface area (Å²) in [5.74, 6) is 0.856. The van der Waals surface area contributed by atoms with Gasteiger partial charge in [-0.3, -0.25) is 9.59 Å². The summed E-state index contributed by atoms with van der Waals surface area (Å²) in [6.45, 7) is 15.0. The highest BCUT2D eigenvalue weighted by Crippen LogP contribution is 2.32. The van der Waals surface area contributed by atoms with Crippen LogP contribution in [0.25, 0.3) is 0 Å². The van der Waals surface area contributed by atoms with Crippen molar-refractivity contribution in [3.8, 4) is 11.5 Å². The van der Waals surface area contributed by atoms with Gasteiger partial charge in [-0.1, -0.05) is 33.8 Å². The molecule has 0 unspecified atom stereocenters. The van der Waals surface area contributed by atoms with Gasteiger partial charge in [-0.25, -0.2) is 4.79 Å². The van der Waals surface area contributed by atoms with Crippen molar-refractivity contribution < 1.29 is 38.4 Å². The molecule has 0 radical (unpaired) electrons. The van der Waals surface area contributed by atoms with Gasteiger partial charge in [-0.15, -0.1) is 0 Å². The zero-order valence-electron chi connectivity index (χ0n) is 29.4. The number of aliphatic hydroxyl groups excluding tert-OH is 1. The average Bonchev–Trinajstić information content (AvgIpc) is 3.39. The number of amides is 3. The van der Waals surface area contributed by atoms with Crippen molar-refractivity contribution in [1.82, 2.24) is 16.0 Å². The summed E-state index contributed by atoms with van der Waals surface area (Å²) >= 11 is 0. The van der Waals surface area contributed by atoms with Crippen molar-refractivity contribution in [2.24, 2.45) is 23.7 Å². The first-order valence-corrected chi connectivity index (χ1v) is 16.7. The third-order valence-corrected chi connectivity index (χ3v) is 8.39. The number of hydrogen-bond acceptors (Lipinski definition) is 8. The smallest absolute Gasteiger partial charge is 0.407 e. The van der Waals surface area contributed by atoms with Gasteiger partial charge in [-0.05, 0) is 81.9 Å². The summed E-state index contributed by atoms with van der Waals surface area (Å²) in [5, 5.41) is 20.4. The highest BCUT2D eigenvalue weighted by molar-refractivity contribution is 5.80. The van der Waals surface area contributed by atoms with Gasteiger partial charge in [0.2, 0.25) is 11.8 Å². The van der Waals surface area contributed by atoms with Gasteiger partial charge in [0.15, 0.2) is 11.5 Å². The number of hydrogen-bond donors (Lipinski definition) is 4. The third kappa shape index (κ3) is 13.7. The van der Waals surface area contributed by atoms with Crippen LogP contribution in [0.1, 0.15) is 86.1 Å². The lowest BCUT2D eigenvalue weighted by molar-refractivity contribution is -0.128. The Morgan fingerprint density at radius 2 is 1.76 bits per heavy atom. The molecule has 1 aliphatic rings. The number of carbonyl (C=O) groups excluding carboxylic acids is 3. The van der Waals surface area contributed by atoms with Crippen LogP contribution < -0.4 is 25.4 Å². The number of methoxy groups -OCH3 is 2. The average molecular weight is 650 g/mol. The van der Waals surface area contributed by atoms with Gasteiger partial charge >= 0.3 is 6.09 Å². The second-order valence-corrected chi connectivity index (χ2v) is 14.1. The Bertz CT molecular complexity index is 1100. The molecule has 0 bridgehead atoms. The zero-order valence-corrected chi connectivity index (χ0v) is 29.4. The molecule has 0 spiro atoms. The molecule has 2 rings (SSSR count). The molecule has 5 atom stereocenters. The second-order valence-electron chi connectivity index (χ2n) is 14.1. The van der Waals surface area contributed by atoms with Crippen LogP contribution in [0.5, 0.6) is 11.5 Å². The van der Waals surface area contributed by atoms with Gasteiger partial charge in [0.05, 0.1) is 25.9 Å². The lowest BCUT2D eigenvalue weighted by Gasteiger charge is -2.33. The number of carbonyl (C=O) groups is 3. The normalized spacial score (nSPS) is 17.7. The molecule has 262 valence electrons. The molecule has 0 aliphatic carbocycles. The maximum atomic E-state index is 13.3. The Kier molecular flexibility index (Phi) is 16.1. The van der Waals surface area contributed by atoms with Crippen molar-refractivity contribution >= 4 is 17.9 Å². The molecule has 4 N–H and O–H groups in total. The van der Waals surface area contributed by atoms with E-state index in [1.54, 1.807) is 35.0 Å². The van der Waals surface area contributed by atoms with E-state index < -0.39 is 29.8 Å². The summed E-state index contributed by atoms with van der Waals surface area (Å²) in [5.41, 5.74) is 0.334. The minimum atomic E-state index is -1.01. The predicted molar refractivity (Wildman–Crippen MR) is 178 cm³/mol. The van der Waals surface area contributed by atoms with Crippen LogP contribution in [0.3, 0.4) is 0 Å². The van der Waals surface area contributed by atoms with E-state index in [-0.39, 0.29) is 42.0 Å². The van der Waals surface area contributed by atoms with E-state index in [1.165, 1.54) is 0 Å². The Morgan fingerprint density at radius 3 is 2.33 bits per heavy atom. The molecule has 0 aromatic heterocycles. The van der Waals surface area contributed by atoms with E-state index in [0.717, 1.165) is 12.0 Å². The fraction of sp³-hybridized carbons (Fsp3) is 0.743. The van der Waals surface area contributed by atoms with Crippen LogP contribution >= 0.6 is 0 Å². The van der Waals surface area contributed by atoms with E-state index in [2.05, 4.69) is 29.8 Å². The molecular weight excluding hydrogens is 590 g/mol. The van der Waals surface area contributed by atoms with Crippen LogP contribution in [0.2, 0.25) is 0 Å². The highest BCUT2D eigenvalue weighted by Gasteiger charge is 2.34. The molecule has 1 fully saturated rings. The number of benzene rings is 1. The van der Waals surface area contributed by atoms with E-state index >= 15 is 0 Å². The molecular formula is C35H59N3O8. The first kappa shape index (κ1) is 39.1. The summed E-state index contributed by atoms with van der Waals surface area (Å²) < 4.78 is 22.2. The van der Waals surface area contributed by atoms with Gasteiger partial charge in [0.25, 0.3) is 0 Å². The molecule has 0 saturated carbocycles. The van der Waals surface area contributed by atoms with E-state index in [1.807, 2.05) is 32.0 Å². The number of rotatable bonds is 19. The van der Waals surface area contributed by atoms with Gasteiger partial charge in [0, 0.05) is 45.1 Å². The number of aliphatic hydroxyl groups is 1. The maximum Gasteiger partial charge on any atom is 0.407 e. The number of nitrogens with one attached hydrogen (secondary N) is 3. The van der Waals surface area contributed by atoms with Crippen LogP contribution in [-0.2, 0) is 25.5 Å². The van der Waals surface area contributed by atoms with Crippen molar-refractivity contribution in [3.05, 3.63) is 23.8 Å². The first-order chi connectivity index (χ1) is 21.6. The largest absolute Gasteiger partial charge is 0.493 e. The summed E-state index contributed by atoms with van der Waals surface area (Å²) in [7, 11) is 3.27. The molecule has 1 aromatic rings. The van der Waals surface area contributed by atoms with E-state index in [9.17, 15) is 19.5 Å². The molecule has 3 amide bonds. The van der Waals surface area contributed by atoms with Crippen LogP contribution in [0.4, 0.5) is 4.79 Å². The lowest BCUT2D eigenvalue weighted by atomic mass is 9.80. The zero-order chi connectivity index (χ0) is 34.4. The summed E-state index contributed by atoms with van der Waals surface area (Å²) in [6, 6.07) is 5.14. The molecule has 1 aliphatic heterocycles. The van der Waals surface area contributed by atoms with Gasteiger partial charge in [-0.2, -0.15) is 0 Å². The predicted octanol–water partition coefficient (Wildman–Crippen LogP) is 4.63. The standard InChI is InChI=1S/C35H59N3O8/c1-22(2)25(17-24-11-13-30(44-9)31(18-24)45-16-10-15-43-8)19-28(38-34(42)46-35(5,6)7)29(39)20-27(23(3)4)33(41)36-21-26-12-14-32(40)37-26/h11,13,18,22-23,25-29,39H,10,12,14-17,19-21H2,1-9H3,(H,36,41)(H,37,40)(H,38,42)/t25-,26+,27-,28-,29-/m0/s1. The fourth-order valence-electron chi connectivity index (χ4n) is 5.63. The monoisotopic (exact) mass is 649 g/mol. The Morgan fingerprint density at radius 1 is 1.04 bits per heavy atom. The van der Waals surface area contributed by atoms with Crippen LogP contribution in [-0.4, -0.2) is 80.8 Å². The van der Waals surface area contributed by atoms with E-state index in [4.69, 9.17) is 18.9 Å². The number of ether oxygens (including phenoxy) is 4. The Balaban J connectivity index is 2.24. The maximum absolute atomic E-state index is 13.3. The minimum Gasteiger partial charge on any atom is -0.493 e. The second kappa shape index (κ2) is 18.9. The van der Waals surface area contributed by atoms with Crippen molar-refractivity contribution in [3.63, 3.8) is 0 Å². The minimum absolute atomic E-state index is 0.00804. The third-order valence-electron chi connectivity index (χ3n) is 8.39. The highest BCUT2D eigenvalue weighted by atomic mass is 16.6. The van der Waals surface area contributed by atoms with Crippen LogP contribution in [0, 0.1) is 23.7 Å². The number of alkyl carbamates (subject to hydrolysis) is 1. The summed E-state index contributed by atoms with van der Waals surface area (Å²) in [6.07, 6.45) is 1.58. The molecule has 11 heteroatoms. The summed E-state index contributed by atoms with van der Waals surface area (Å²) in [4.78, 5) is 37.8. The first-order valence-electron chi connectivity index (χ1n) is 16.7. The lowest BCUT2D eigenvalue weighted by Crippen LogP contribution is -2.49. The van der Waals surface area contributed by atoms with Crippen molar-refractivity contribution in [2.45, 2.75) is 111 Å². The molecule has 11 nitrogen and oxygen atoms in total. The van der Waals surface area contributed by atoms with E-state index in [0.29, 0.717) is 56.9 Å². The topological polar surface area (TPSA) is 144 Å². The molecule has 1 saturated heterocycles. The Labute approximate surface area is 275 Å². The van der Waals surface area contributed by atoms with Crippen molar-refractivity contribution in [1.29, 1.82) is 0 Å². The molecule has 1 heterocycles.